The molecule has 2 aromatic heterocycles. The number of aromatic nitrogens is 4. The van der Waals surface area contributed by atoms with Gasteiger partial charge in [-0.1, -0.05) is 12.1 Å². The van der Waals surface area contributed by atoms with Gasteiger partial charge in [-0.05, 0) is 30.3 Å². The Morgan fingerprint density at radius 2 is 2.08 bits per heavy atom. The van der Waals surface area contributed by atoms with Gasteiger partial charge in [-0.25, -0.2) is 9.97 Å². The van der Waals surface area contributed by atoms with Crippen LogP contribution in [0.25, 0.3) is 22.3 Å². The van der Waals surface area contributed by atoms with Crippen LogP contribution in [0.5, 0.6) is 0 Å². The topological polar surface area (TPSA) is 92.5 Å². The van der Waals surface area contributed by atoms with Crippen LogP contribution < -0.4 is 11.1 Å². The monoisotopic (exact) mass is 360 g/mol. The van der Waals surface area contributed by atoms with Gasteiger partial charge in [-0.3, -0.25) is 5.10 Å². The molecule has 26 heavy (non-hydrogen) atoms. The van der Waals surface area contributed by atoms with Crippen LogP contribution in [0.1, 0.15) is 5.69 Å². The molecule has 0 unspecified atom stereocenters. The SMILES string of the molecule is Nc1cccc(-c2nc3c(c(Nc4ccc5[nH]ncc5c4)n2)SCC3)c1. The van der Waals surface area contributed by atoms with Crippen molar-refractivity contribution in [2.75, 3.05) is 16.8 Å². The number of anilines is 3. The maximum absolute atomic E-state index is 5.93. The third-order valence-electron chi connectivity index (χ3n) is 4.37. The van der Waals surface area contributed by atoms with Crippen molar-refractivity contribution in [3.05, 3.63) is 54.4 Å². The summed E-state index contributed by atoms with van der Waals surface area (Å²) >= 11 is 1.80. The second-order valence-electron chi connectivity index (χ2n) is 6.19. The third kappa shape index (κ3) is 2.66. The van der Waals surface area contributed by atoms with E-state index in [0.717, 1.165) is 50.7 Å². The summed E-state index contributed by atoms with van der Waals surface area (Å²) in [5.74, 6) is 2.57. The van der Waals surface area contributed by atoms with Crippen molar-refractivity contribution in [2.24, 2.45) is 0 Å². The van der Waals surface area contributed by atoms with Crippen molar-refractivity contribution in [1.29, 1.82) is 0 Å². The first-order valence-electron chi connectivity index (χ1n) is 8.36. The lowest BCUT2D eigenvalue weighted by molar-refractivity contribution is 0.987. The van der Waals surface area contributed by atoms with Crippen molar-refractivity contribution < 1.29 is 0 Å². The number of aromatic amines is 1. The number of nitrogen functional groups attached to an aromatic ring is 1. The molecule has 1 aliphatic heterocycles. The summed E-state index contributed by atoms with van der Waals surface area (Å²) in [6.07, 6.45) is 2.77. The van der Waals surface area contributed by atoms with Crippen molar-refractivity contribution in [3.63, 3.8) is 0 Å². The van der Waals surface area contributed by atoms with Crippen LogP contribution in [0, 0.1) is 0 Å². The summed E-state index contributed by atoms with van der Waals surface area (Å²) < 4.78 is 0. The van der Waals surface area contributed by atoms with E-state index in [1.54, 1.807) is 11.8 Å². The molecule has 0 radical (unpaired) electrons. The van der Waals surface area contributed by atoms with E-state index < -0.39 is 0 Å². The molecule has 128 valence electrons. The number of benzene rings is 2. The van der Waals surface area contributed by atoms with E-state index in [4.69, 9.17) is 15.7 Å². The van der Waals surface area contributed by atoms with E-state index in [9.17, 15) is 0 Å². The Kier molecular flexibility index (Phi) is 3.53. The summed E-state index contributed by atoms with van der Waals surface area (Å²) in [6, 6.07) is 13.8. The zero-order valence-electron chi connectivity index (χ0n) is 13.9. The Balaban J connectivity index is 1.59. The maximum Gasteiger partial charge on any atom is 0.161 e. The Labute approximate surface area is 154 Å². The summed E-state index contributed by atoms with van der Waals surface area (Å²) in [6.45, 7) is 0. The molecular weight excluding hydrogens is 344 g/mol. The quantitative estimate of drug-likeness (QED) is 0.478. The number of rotatable bonds is 3. The normalized spacial score (nSPS) is 13.1. The minimum atomic E-state index is 0.699. The lowest BCUT2D eigenvalue weighted by atomic mass is 10.2. The smallest absolute Gasteiger partial charge is 0.161 e. The lowest BCUT2D eigenvalue weighted by Crippen LogP contribution is -2.02. The molecule has 4 N–H and O–H groups in total. The van der Waals surface area contributed by atoms with Crippen molar-refractivity contribution in [1.82, 2.24) is 20.2 Å². The first-order valence-corrected chi connectivity index (χ1v) is 9.34. The highest BCUT2D eigenvalue weighted by molar-refractivity contribution is 7.99. The Hall–Kier alpha value is -3.06. The third-order valence-corrected chi connectivity index (χ3v) is 5.49. The second-order valence-corrected chi connectivity index (χ2v) is 7.30. The van der Waals surface area contributed by atoms with Crippen LogP contribution in [0.3, 0.4) is 0 Å². The summed E-state index contributed by atoms with van der Waals surface area (Å²) in [4.78, 5) is 10.7. The number of fused-ring (bicyclic) bond motifs is 2. The minimum absolute atomic E-state index is 0.699. The Bertz CT molecular complexity index is 1120. The van der Waals surface area contributed by atoms with Gasteiger partial charge in [-0.15, -0.1) is 11.8 Å². The molecule has 0 atom stereocenters. The summed E-state index contributed by atoms with van der Waals surface area (Å²) in [5.41, 5.74) is 10.6. The summed E-state index contributed by atoms with van der Waals surface area (Å²) in [7, 11) is 0. The van der Waals surface area contributed by atoms with Crippen molar-refractivity contribution in [2.45, 2.75) is 11.3 Å². The van der Waals surface area contributed by atoms with Crippen LogP contribution >= 0.6 is 11.8 Å². The first kappa shape index (κ1) is 15.2. The van der Waals surface area contributed by atoms with Gasteiger partial charge >= 0.3 is 0 Å². The van der Waals surface area contributed by atoms with Gasteiger partial charge in [0.2, 0.25) is 0 Å². The molecule has 1 aliphatic rings. The van der Waals surface area contributed by atoms with E-state index in [-0.39, 0.29) is 0 Å². The van der Waals surface area contributed by atoms with E-state index in [1.807, 2.05) is 42.6 Å². The fourth-order valence-corrected chi connectivity index (χ4v) is 4.16. The highest BCUT2D eigenvalue weighted by Gasteiger charge is 2.21. The van der Waals surface area contributed by atoms with Crippen LogP contribution in [0.2, 0.25) is 0 Å². The standard InChI is InChI=1S/C19H16N6S/c20-13-3-1-2-11(8-13)18-23-16-6-7-26-17(16)19(24-18)22-14-4-5-15-12(9-14)10-21-25-15/h1-5,8-10H,6-7,20H2,(H,21,25)(H,22,23,24). The van der Waals surface area contributed by atoms with Gasteiger partial charge < -0.3 is 11.1 Å². The van der Waals surface area contributed by atoms with Crippen LogP contribution in [-0.4, -0.2) is 25.9 Å². The number of thioether (sulfide) groups is 1. The Morgan fingerprint density at radius 3 is 3.00 bits per heavy atom. The molecule has 0 aliphatic carbocycles. The fraction of sp³-hybridized carbons (Fsp3) is 0.105. The number of hydrogen-bond donors (Lipinski definition) is 3. The van der Waals surface area contributed by atoms with Crippen LogP contribution in [0.15, 0.2) is 53.6 Å². The number of nitrogens with two attached hydrogens (primary N) is 1. The van der Waals surface area contributed by atoms with Crippen LogP contribution in [-0.2, 0) is 6.42 Å². The molecule has 0 saturated heterocycles. The fourth-order valence-electron chi connectivity index (χ4n) is 3.12. The van der Waals surface area contributed by atoms with Gasteiger partial charge in [0.25, 0.3) is 0 Å². The van der Waals surface area contributed by atoms with Crippen molar-refractivity contribution >= 4 is 39.9 Å². The van der Waals surface area contributed by atoms with E-state index in [2.05, 4.69) is 21.6 Å². The minimum Gasteiger partial charge on any atom is -0.399 e. The molecular formula is C19H16N6S. The lowest BCUT2D eigenvalue weighted by Gasteiger charge is -2.12. The number of nitrogens with zero attached hydrogens (tertiary/aromatic N) is 3. The van der Waals surface area contributed by atoms with E-state index in [1.165, 1.54) is 0 Å². The van der Waals surface area contributed by atoms with E-state index >= 15 is 0 Å². The number of hydrogen-bond acceptors (Lipinski definition) is 6. The number of H-pyrrole nitrogens is 1. The highest BCUT2D eigenvalue weighted by Crippen LogP contribution is 2.38. The van der Waals surface area contributed by atoms with Gasteiger partial charge in [0.15, 0.2) is 5.82 Å². The van der Waals surface area contributed by atoms with E-state index in [0.29, 0.717) is 11.5 Å². The number of nitrogens with one attached hydrogen (secondary N) is 2. The molecule has 0 spiro atoms. The van der Waals surface area contributed by atoms with Gasteiger partial charge in [-0.2, -0.15) is 5.10 Å². The number of aryl methyl sites for hydroxylation is 1. The summed E-state index contributed by atoms with van der Waals surface area (Å²) in [5, 5.41) is 11.6. The first-order chi connectivity index (χ1) is 12.8. The zero-order chi connectivity index (χ0) is 17.5. The molecule has 6 nitrogen and oxygen atoms in total. The average molecular weight is 360 g/mol. The predicted molar refractivity (Wildman–Crippen MR) is 106 cm³/mol. The molecule has 4 aromatic rings. The molecule has 5 rings (SSSR count). The Morgan fingerprint density at radius 1 is 1.12 bits per heavy atom. The molecule has 0 amide bonds. The molecule has 2 aromatic carbocycles. The molecule has 0 fully saturated rings. The predicted octanol–water partition coefficient (Wildman–Crippen LogP) is 3.99. The van der Waals surface area contributed by atoms with Gasteiger partial charge in [0.05, 0.1) is 22.3 Å². The van der Waals surface area contributed by atoms with Gasteiger partial charge in [0, 0.05) is 34.5 Å². The highest BCUT2D eigenvalue weighted by atomic mass is 32.2. The maximum atomic E-state index is 5.93. The molecule has 0 saturated carbocycles. The molecule has 3 heterocycles. The van der Waals surface area contributed by atoms with Crippen molar-refractivity contribution in [3.8, 4) is 11.4 Å². The van der Waals surface area contributed by atoms with Gasteiger partial charge in [0.1, 0.15) is 5.82 Å². The molecule has 7 heteroatoms. The molecule has 0 bridgehead atoms. The second kappa shape index (κ2) is 6.03. The van der Waals surface area contributed by atoms with Crippen LogP contribution in [0.4, 0.5) is 17.2 Å². The zero-order valence-corrected chi connectivity index (χ0v) is 14.7. The average Bonchev–Trinajstić information content (AvgIpc) is 3.30. The largest absolute Gasteiger partial charge is 0.399 e.